The van der Waals surface area contributed by atoms with Gasteiger partial charge in [-0.3, -0.25) is 4.79 Å². The van der Waals surface area contributed by atoms with Crippen molar-refractivity contribution in [1.29, 1.82) is 0 Å². The zero-order valence-corrected chi connectivity index (χ0v) is 16.3. The number of carbonyl (C=O) groups excluding carboxylic acids is 1. The number of amides is 1. The third kappa shape index (κ3) is 5.95. The van der Waals surface area contributed by atoms with E-state index in [2.05, 4.69) is 12.2 Å². The fourth-order valence-corrected chi connectivity index (χ4v) is 3.78. The van der Waals surface area contributed by atoms with Crippen LogP contribution in [0.15, 0.2) is 24.3 Å². The van der Waals surface area contributed by atoms with E-state index in [0.717, 1.165) is 42.9 Å². The van der Waals surface area contributed by atoms with Crippen molar-refractivity contribution in [2.24, 2.45) is 11.7 Å². The van der Waals surface area contributed by atoms with Gasteiger partial charge in [-0.05, 0) is 49.3 Å². The number of ether oxygens (including phenoxy) is 2. The van der Waals surface area contributed by atoms with Gasteiger partial charge in [0.05, 0.1) is 18.8 Å². The molecule has 3 N–H and O–H groups in total. The molecule has 26 heavy (non-hydrogen) atoms. The summed E-state index contributed by atoms with van der Waals surface area (Å²) in [5.74, 6) is 0.670. The number of nitrogens with two attached hydrogens (primary N) is 1. The molecule has 146 valence electrons. The highest BCUT2D eigenvalue weighted by Gasteiger charge is 2.29. The highest BCUT2D eigenvalue weighted by Crippen LogP contribution is 2.27. The normalized spacial score (nSPS) is 28.4. The number of hydrogen-bond donors (Lipinski definition) is 2. The predicted octanol–water partition coefficient (Wildman–Crippen LogP) is 3.65. The van der Waals surface area contributed by atoms with Crippen LogP contribution in [0.5, 0.6) is 0 Å². The minimum Gasteiger partial charge on any atom is -0.374 e. The molecule has 1 aliphatic heterocycles. The number of carbonyl (C=O) groups is 1. The molecule has 2 unspecified atom stereocenters. The second kappa shape index (κ2) is 10.3. The van der Waals surface area contributed by atoms with E-state index < -0.39 is 6.10 Å². The zero-order chi connectivity index (χ0) is 17.6. The van der Waals surface area contributed by atoms with Gasteiger partial charge in [0.15, 0.2) is 0 Å². The van der Waals surface area contributed by atoms with Gasteiger partial charge in [-0.1, -0.05) is 31.9 Å². The van der Waals surface area contributed by atoms with Crippen molar-refractivity contribution in [2.75, 3.05) is 11.9 Å². The third-order valence-corrected chi connectivity index (χ3v) is 5.23. The topological polar surface area (TPSA) is 73.6 Å². The highest BCUT2D eigenvalue weighted by molar-refractivity contribution is 5.94. The maximum atomic E-state index is 12.3. The second-order valence-electron chi connectivity index (χ2n) is 7.45. The molecule has 6 heteroatoms. The number of nitrogens with one attached hydrogen (secondary N) is 1. The molecule has 4 atom stereocenters. The van der Waals surface area contributed by atoms with Crippen LogP contribution in [0.3, 0.4) is 0 Å². The van der Waals surface area contributed by atoms with Crippen molar-refractivity contribution in [3.05, 3.63) is 29.8 Å². The van der Waals surface area contributed by atoms with Crippen LogP contribution in [0.2, 0.25) is 0 Å². The molecule has 2 aliphatic rings. The standard InChI is InChI=1S/C20H30N2O3.ClH/c1-14-4-2-7-17(10-14)24-13-15-5-3-6-16(11-15)22-20(23)19-9-8-18(12-21)25-19;/h3,5-6,11,14,17-19H,2,4,7-10,12-13,21H2,1H3,(H,22,23);1H/t14?,17?,18-,19+;/m1./s1. The Morgan fingerprint density at radius 2 is 2.15 bits per heavy atom. The van der Waals surface area contributed by atoms with Gasteiger partial charge >= 0.3 is 0 Å². The largest absolute Gasteiger partial charge is 0.374 e. The number of rotatable bonds is 6. The first kappa shape index (κ1) is 21.2. The average Bonchev–Trinajstić information content (AvgIpc) is 3.10. The van der Waals surface area contributed by atoms with E-state index in [1.807, 2.05) is 24.3 Å². The van der Waals surface area contributed by atoms with Gasteiger partial charge in [0, 0.05) is 12.2 Å². The molecule has 1 saturated carbocycles. The minimum atomic E-state index is -0.391. The number of hydrogen-bond acceptors (Lipinski definition) is 4. The van der Waals surface area contributed by atoms with E-state index in [1.54, 1.807) is 0 Å². The predicted molar refractivity (Wildman–Crippen MR) is 105 cm³/mol. The summed E-state index contributed by atoms with van der Waals surface area (Å²) in [6.45, 7) is 3.36. The molecule has 3 rings (SSSR count). The molecular formula is C20H31ClN2O3. The maximum Gasteiger partial charge on any atom is 0.253 e. The van der Waals surface area contributed by atoms with Crippen molar-refractivity contribution in [1.82, 2.24) is 0 Å². The summed E-state index contributed by atoms with van der Waals surface area (Å²) >= 11 is 0. The van der Waals surface area contributed by atoms with Gasteiger partial charge in [-0.15, -0.1) is 12.4 Å². The molecule has 1 aromatic carbocycles. The van der Waals surface area contributed by atoms with Gasteiger partial charge in [-0.25, -0.2) is 0 Å². The third-order valence-electron chi connectivity index (χ3n) is 5.23. The smallest absolute Gasteiger partial charge is 0.253 e. The molecule has 1 saturated heterocycles. The lowest BCUT2D eigenvalue weighted by atomic mass is 9.89. The van der Waals surface area contributed by atoms with Gasteiger partial charge in [-0.2, -0.15) is 0 Å². The summed E-state index contributed by atoms with van der Waals surface area (Å²) in [7, 11) is 0. The van der Waals surface area contributed by atoms with Crippen LogP contribution in [0.1, 0.15) is 51.0 Å². The number of benzene rings is 1. The Bertz CT molecular complexity index is 584. The molecule has 1 heterocycles. The van der Waals surface area contributed by atoms with Gasteiger partial charge in [0.1, 0.15) is 6.10 Å². The van der Waals surface area contributed by atoms with Crippen LogP contribution in [0.25, 0.3) is 0 Å². The molecule has 1 aromatic rings. The monoisotopic (exact) mass is 382 g/mol. The summed E-state index contributed by atoms with van der Waals surface area (Å²) < 4.78 is 11.7. The SMILES string of the molecule is CC1CCCC(OCc2cccc(NC(=O)[C@@H]3CC[C@H](CN)O3)c2)C1.Cl. The highest BCUT2D eigenvalue weighted by atomic mass is 35.5. The van der Waals surface area contributed by atoms with E-state index >= 15 is 0 Å². The molecular weight excluding hydrogens is 352 g/mol. The summed E-state index contributed by atoms with van der Waals surface area (Å²) in [6, 6.07) is 7.88. The fourth-order valence-electron chi connectivity index (χ4n) is 3.78. The lowest BCUT2D eigenvalue weighted by Gasteiger charge is -2.26. The van der Waals surface area contributed by atoms with Gasteiger partial charge < -0.3 is 20.5 Å². The summed E-state index contributed by atoms with van der Waals surface area (Å²) in [5.41, 5.74) is 7.48. The van der Waals surface area contributed by atoms with Gasteiger partial charge in [0.2, 0.25) is 0 Å². The van der Waals surface area contributed by atoms with E-state index in [1.165, 1.54) is 12.8 Å². The average molecular weight is 383 g/mol. The Morgan fingerprint density at radius 1 is 1.31 bits per heavy atom. The maximum absolute atomic E-state index is 12.3. The van der Waals surface area contributed by atoms with E-state index in [-0.39, 0.29) is 24.4 Å². The Morgan fingerprint density at radius 3 is 2.88 bits per heavy atom. The van der Waals surface area contributed by atoms with Crippen LogP contribution in [-0.4, -0.2) is 30.8 Å². The van der Waals surface area contributed by atoms with Crippen molar-refractivity contribution >= 4 is 24.0 Å². The molecule has 0 spiro atoms. The second-order valence-corrected chi connectivity index (χ2v) is 7.45. The first-order valence-corrected chi connectivity index (χ1v) is 9.51. The zero-order valence-electron chi connectivity index (χ0n) is 15.5. The summed E-state index contributed by atoms with van der Waals surface area (Å²) in [6.07, 6.45) is 6.44. The van der Waals surface area contributed by atoms with Crippen molar-refractivity contribution in [2.45, 2.75) is 70.4 Å². The number of halogens is 1. The van der Waals surface area contributed by atoms with Crippen LogP contribution in [0.4, 0.5) is 5.69 Å². The van der Waals surface area contributed by atoms with Crippen molar-refractivity contribution in [3.8, 4) is 0 Å². The molecule has 2 fully saturated rings. The molecule has 5 nitrogen and oxygen atoms in total. The van der Waals surface area contributed by atoms with Crippen LogP contribution in [-0.2, 0) is 20.9 Å². The van der Waals surface area contributed by atoms with Crippen LogP contribution >= 0.6 is 12.4 Å². The first-order chi connectivity index (χ1) is 12.1. The fraction of sp³-hybridized carbons (Fsp3) is 0.650. The summed E-state index contributed by atoms with van der Waals surface area (Å²) in [5, 5.41) is 2.95. The number of anilines is 1. The molecule has 0 aromatic heterocycles. The van der Waals surface area contributed by atoms with Crippen LogP contribution in [0, 0.1) is 5.92 Å². The molecule has 0 radical (unpaired) electrons. The lowest BCUT2D eigenvalue weighted by molar-refractivity contribution is -0.126. The lowest BCUT2D eigenvalue weighted by Crippen LogP contribution is -2.29. The Kier molecular flexibility index (Phi) is 8.35. The Hall–Kier alpha value is -1.14. The van der Waals surface area contributed by atoms with E-state index in [9.17, 15) is 4.79 Å². The van der Waals surface area contributed by atoms with E-state index in [0.29, 0.717) is 19.3 Å². The first-order valence-electron chi connectivity index (χ1n) is 9.51. The molecule has 0 bridgehead atoms. The van der Waals surface area contributed by atoms with Crippen LogP contribution < -0.4 is 11.1 Å². The van der Waals surface area contributed by atoms with Crippen molar-refractivity contribution < 1.29 is 14.3 Å². The Labute approximate surface area is 162 Å². The van der Waals surface area contributed by atoms with Crippen molar-refractivity contribution in [3.63, 3.8) is 0 Å². The van der Waals surface area contributed by atoms with E-state index in [4.69, 9.17) is 15.2 Å². The molecule has 1 aliphatic carbocycles. The Balaban J connectivity index is 0.00000243. The van der Waals surface area contributed by atoms with Gasteiger partial charge in [0.25, 0.3) is 5.91 Å². The quantitative estimate of drug-likeness (QED) is 0.787. The summed E-state index contributed by atoms with van der Waals surface area (Å²) in [4.78, 5) is 12.3. The minimum absolute atomic E-state index is 0. The molecule has 1 amide bonds.